The van der Waals surface area contributed by atoms with E-state index in [9.17, 15) is 24.8 Å². The van der Waals surface area contributed by atoms with E-state index in [2.05, 4.69) is 5.32 Å². The average Bonchev–Trinajstić information content (AvgIpc) is 3.33. The maximum Gasteiger partial charge on any atom is 0.323 e. The van der Waals surface area contributed by atoms with Gasteiger partial charge in [-0.15, -0.1) is 0 Å². The van der Waals surface area contributed by atoms with Crippen molar-refractivity contribution in [3.05, 3.63) is 95.2 Å². The number of benzene rings is 3. The second kappa shape index (κ2) is 8.19. The summed E-state index contributed by atoms with van der Waals surface area (Å²) in [6, 6.07) is 21.4. The van der Waals surface area contributed by atoms with Crippen molar-refractivity contribution in [2.75, 3.05) is 5.32 Å². The van der Waals surface area contributed by atoms with Gasteiger partial charge in [0.25, 0.3) is 5.91 Å². The number of carboxylic acids is 1. The Morgan fingerprint density at radius 1 is 0.971 bits per heavy atom. The number of anilines is 1. The van der Waals surface area contributed by atoms with Crippen LogP contribution in [0.25, 0.3) is 28.1 Å². The van der Waals surface area contributed by atoms with Crippen LogP contribution >= 0.6 is 0 Å². The molecule has 0 saturated heterocycles. The summed E-state index contributed by atoms with van der Waals surface area (Å²) in [4.78, 5) is 37.1. The van der Waals surface area contributed by atoms with Gasteiger partial charge >= 0.3 is 5.97 Å². The Morgan fingerprint density at radius 3 is 2.44 bits per heavy atom. The number of nitrogens with zero attached hydrogens (tertiary/aromatic N) is 2. The minimum atomic E-state index is -0.998. The number of rotatable bonds is 5. The smallest absolute Gasteiger partial charge is 0.323 e. The van der Waals surface area contributed by atoms with Gasteiger partial charge in [0.05, 0.1) is 0 Å². The number of para-hydroxylation sites is 1. The third-order valence-electron chi connectivity index (χ3n) is 5.79. The molecule has 1 aromatic heterocycles. The van der Waals surface area contributed by atoms with Gasteiger partial charge in [0.15, 0.2) is 5.78 Å². The lowest BCUT2D eigenvalue weighted by Gasteiger charge is -2.10. The van der Waals surface area contributed by atoms with Crippen molar-refractivity contribution in [1.29, 1.82) is 5.26 Å². The average molecular weight is 447 g/mol. The highest BCUT2D eigenvalue weighted by molar-refractivity contribution is 6.24. The van der Waals surface area contributed by atoms with Crippen LogP contribution in [0, 0.1) is 11.3 Å². The monoisotopic (exact) mass is 447 g/mol. The number of carbonyl (C=O) groups is 3. The summed E-state index contributed by atoms with van der Waals surface area (Å²) in [5.74, 6) is -1.73. The lowest BCUT2D eigenvalue weighted by atomic mass is 10.0. The number of aromatic nitrogens is 1. The van der Waals surface area contributed by atoms with E-state index < -0.39 is 11.9 Å². The second-order valence-electron chi connectivity index (χ2n) is 7.85. The molecule has 0 aliphatic heterocycles. The van der Waals surface area contributed by atoms with Crippen molar-refractivity contribution in [2.45, 2.75) is 6.54 Å². The molecule has 0 spiro atoms. The van der Waals surface area contributed by atoms with Gasteiger partial charge in [-0.05, 0) is 23.8 Å². The number of carboxylic acid groups (broad SMARTS) is 1. The molecule has 1 heterocycles. The molecule has 0 bridgehead atoms. The summed E-state index contributed by atoms with van der Waals surface area (Å²) < 4.78 is 1.56. The minimum Gasteiger partial charge on any atom is -0.480 e. The highest BCUT2D eigenvalue weighted by Crippen LogP contribution is 2.41. The minimum absolute atomic E-state index is 0.107. The van der Waals surface area contributed by atoms with Crippen molar-refractivity contribution >= 4 is 40.3 Å². The molecule has 1 aliphatic rings. The zero-order valence-electron chi connectivity index (χ0n) is 17.8. The van der Waals surface area contributed by atoms with Crippen molar-refractivity contribution in [3.8, 4) is 17.2 Å². The molecule has 3 aromatic carbocycles. The van der Waals surface area contributed by atoms with Crippen LogP contribution in [0.1, 0.15) is 21.5 Å². The van der Waals surface area contributed by atoms with Crippen LogP contribution in [0.4, 0.5) is 5.69 Å². The Hall–Kier alpha value is -4.96. The Bertz CT molecular complexity index is 1590. The summed E-state index contributed by atoms with van der Waals surface area (Å²) in [6.45, 7) is -0.244. The number of nitrogens with one attached hydrogen (secondary N) is 1. The Kier molecular flexibility index (Phi) is 5.04. The summed E-state index contributed by atoms with van der Waals surface area (Å²) in [5.41, 5.74) is 3.97. The molecular formula is C27H17N3O4. The number of carbonyl (C=O) groups excluding carboxylic acids is 2. The number of hydrogen-bond acceptors (Lipinski definition) is 4. The molecule has 4 aromatic rings. The molecule has 0 fully saturated rings. The third kappa shape index (κ3) is 3.44. The number of nitriles is 1. The molecule has 1 amide bonds. The van der Waals surface area contributed by atoms with Crippen LogP contribution < -0.4 is 5.32 Å². The highest BCUT2D eigenvalue weighted by atomic mass is 16.4. The number of aliphatic carboxylic acids is 1. The van der Waals surface area contributed by atoms with Gasteiger partial charge in [-0.2, -0.15) is 5.26 Å². The molecular weight excluding hydrogens is 430 g/mol. The van der Waals surface area contributed by atoms with E-state index in [1.807, 2.05) is 18.2 Å². The molecule has 0 saturated carbocycles. The van der Waals surface area contributed by atoms with E-state index in [-0.39, 0.29) is 17.9 Å². The van der Waals surface area contributed by atoms with Gasteiger partial charge < -0.3 is 15.0 Å². The van der Waals surface area contributed by atoms with Crippen LogP contribution in [0.2, 0.25) is 0 Å². The highest BCUT2D eigenvalue weighted by Gasteiger charge is 2.29. The maximum absolute atomic E-state index is 13.1. The van der Waals surface area contributed by atoms with Crippen LogP contribution in [0.15, 0.2) is 78.5 Å². The first-order valence-corrected chi connectivity index (χ1v) is 10.5. The molecule has 0 radical (unpaired) electrons. The fourth-order valence-corrected chi connectivity index (χ4v) is 4.34. The topological polar surface area (TPSA) is 112 Å². The van der Waals surface area contributed by atoms with Crippen molar-refractivity contribution in [1.82, 2.24) is 4.57 Å². The molecule has 0 atom stereocenters. The first-order valence-electron chi connectivity index (χ1n) is 10.5. The third-order valence-corrected chi connectivity index (χ3v) is 5.79. The predicted octanol–water partition coefficient (Wildman–Crippen LogP) is 4.48. The van der Waals surface area contributed by atoms with Gasteiger partial charge in [0.2, 0.25) is 0 Å². The maximum atomic E-state index is 13.1. The van der Waals surface area contributed by atoms with Gasteiger partial charge in [0.1, 0.15) is 18.2 Å². The number of hydrogen-bond donors (Lipinski definition) is 2. The Morgan fingerprint density at radius 2 is 1.68 bits per heavy atom. The first-order chi connectivity index (χ1) is 16.5. The van der Waals surface area contributed by atoms with Gasteiger partial charge in [-0.25, -0.2) is 0 Å². The fraction of sp³-hybridized carbons (Fsp3) is 0.0370. The number of ketones is 1. The summed E-state index contributed by atoms with van der Waals surface area (Å²) >= 11 is 0. The van der Waals surface area contributed by atoms with E-state index in [1.54, 1.807) is 65.4 Å². The van der Waals surface area contributed by atoms with E-state index in [0.29, 0.717) is 33.5 Å². The summed E-state index contributed by atoms with van der Waals surface area (Å²) in [6.07, 6.45) is 3.05. The molecule has 0 unspecified atom stereocenters. The van der Waals surface area contributed by atoms with Crippen LogP contribution in [0.3, 0.4) is 0 Å². The molecule has 1 aliphatic carbocycles. The zero-order valence-corrected chi connectivity index (χ0v) is 17.8. The molecule has 164 valence electrons. The van der Waals surface area contributed by atoms with Crippen LogP contribution in [-0.2, 0) is 16.1 Å². The van der Waals surface area contributed by atoms with Gasteiger partial charge in [0, 0.05) is 45.0 Å². The first kappa shape index (κ1) is 20.9. The largest absolute Gasteiger partial charge is 0.480 e. The quantitative estimate of drug-likeness (QED) is 0.305. The van der Waals surface area contributed by atoms with Crippen molar-refractivity contribution in [2.24, 2.45) is 0 Å². The second-order valence-corrected chi connectivity index (χ2v) is 7.85. The zero-order chi connectivity index (χ0) is 23.8. The standard InChI is InChI=1S/C27H17N3O4/c28-13-16(12-17-14-30(15-24(31)32)23-11-4-3-6-18(17)23)27(34)29-22-10-5-9-21-25(22)19-7-1-2-8-20(19)26(21)33/h1-12,14H,15H2,(H,29,34)(H,31,32)/b16-12+. The Balaban J connectivity index is 1.53. The van der Waals surface area contributed by atoms with Crippen LogP contribution in [0.5, 0.6) is 0 Å². The van der Waals surface area contributed by atoms with Gasteiger partial charge in [-0.1, -0.05) is 54.6 Å². The van der Waals surface area contributed by atoms with E-state index in [0.717, 1.165) is 10.9 Å². The predicted molar refractivity (Wildman–Crippen MR) is 127 cm³/mol. The Labute approximate surface area is 194 Å². The summed E-state index contributed by atoms with van der Waals surface area (Å²) in [5, 5.41) is 22.4. The lowest BCUT2D eigenvalue weighted by Crippen LogP contribution is -2.14. The molecule has 7 heteroatoms. The number of fused-ring (bicyclic) bond motifs is 4. The molecule has 7 nitrogen and oxygen atoms in total. The van der Waals surface area contributed by atoms with Crippen molar-refractivity contribution < 1.29 is 19.5 Å². The van der Waals surface area contributed by atoms with Crippen molar-refractivity contribution in [3.63, 3.8) is 0 Å². The fourth-order valence-electron chi connectivity index (χ4n) is 4.34. The van der Waals surface area contributed by atoms with E-state index in [4.69, 9.17) is 0 Å². The molecule has 34 heavy (non-hydrogen) atoms. The van der Waals surface area contributed by atoms with E-state index in [1.165, 1.54) is 6.08 Å². The molecule has 2 N–H and O–H groups in total. The summed E-state index contributed by atoms with van der Waals surface area (Å²) in [7, 11) is 0. The molecule has 5 rings (SSSR count). The lowest BCUT2D eigenvalue weighted by molar-refractivity contribution is -0.137. The van der Waals surface area contributed by atoms with Gasteiger partial charge in [-0.3, -0.25) is 14.4 Å². The number of amides is 1. The normalized spacial score (nSPS) is 12.2. The SMILES string of the molecule is N#C/C(=C\c1cn(CC(=O)O)c2ccccc12)C(=O)Nc1cccc2c1-c1ccccc1C2=O. The van der Waals surface area contributed by atoms with Crippen LogP contribution in [-0.4, -0.2) is 27.3 Å². The van der Waals surface area contributed by atoms with E-state index >= 15 is 0 Å².